The van der Waals surface area contributed by atoms with Crippen molar-refractivity contribution in [2.45, 2.75) is 51.2 Å². The van der Waals surface area contributed by atoms with Gasteiger partial charge in [-0.25, -0.2) is 0 Å². The first-order valence-corrected chi connectivity index (χ1v) is 6.71. The van der Waals surface area contributed by atoms with Gasteiger partial charge in [-0.2, -0.15) is 0 Å². The van der Waals surface area contributed by atoms with Crippen LogP contribution in [-0.4, -0.2) is 42.8 Å². The summed E-state index contributed by atoms with van der Waals surface area (Å²) in [7, 11) is 0. The lowest BCUT2D eigenvalue weighted by molar-refractivity contribution is 0.0414. The van der Waals surface area contributed by atoms with Crippen LogP contribution in [0.1, 0.15) is 39.5 Å². The summed E-state index contributed by atoms with van der Waals surface area (Å²) in [5, 5.41) is 0. The zero-order chi connectivity index (χ0) is 11.6. The lowest BCUT2D eigenvalue weighted by atomic mass is 9.86. The third-order valence-corrected chi connectivity index (χ3v) is 4.52. The molecule has 0 amide bonds. The Balaban J connectivity index is 1.90. The molecule has 2 N–H and O–H groups in total. The Morgan fingerprint density at radius 3 is 2.81 bits per heavy atom. The summed E-state index contributed by atoms with van der Waals surface area (Å²) in [6, 6.07) is 0. The lowest BCUT2D eigenvalue weighted by Gasteiger charge is -2.37. The molecule has 0 aliphatic carbocycles. The molecule has 3 nitrogen and oxygen atoms in total. The Hall–Kier alpha value is -0.120. The SMILES string of the molecule is CC1(C)C(CCN)CCN1CC1CCCO1. The molecule has 0 saturated carbocycles. The number of nitrogens with zero attached hydrogens (tertiary/aromatic N) is 1. The number of hydrogen-bond acceptors (Lipinski definition) is 3. The monoisotopic (exact) mass is 226 g/mol. The maximum atomic E-state index is 5.74. The molecule has 2 aliphatic heterocycles. The Morgan fingerprint density at radius 2 is 2.19 bits per heavy atom. The highest BCUT2D eigenvalue weighted by Crippen LogP contribution is 2.37. The van der Waals surface area contributed by atoms with E-state index in [0.717, 1.165) is 32.0 Å². The van der Waals surface area contributed by atoms with E-state index in [-0.39, 0.29) is 0 Å². The molecule has 3 heteroatoms. The molecular formula is C13H26N2O. The zero-order valence-corrected chi connectivity index (χ0v) is 10.7. The van der Waals surface area contributed by atoms with E-state index < -0.39 is 0 Å². The number of rotatable bonds is 4. The first-order valence-electron chi connectivity index (χ1n) is 6.71. The Bertz CT molecular complexity index is 224. The topological polar surface area (TPSA) is 38.5 Å². The van der Waals surface area contributed by atoms with Crippen molar-refractivity contribution in [3.63, 3.8) is 0 Å². The van der Waals surface area contributed by atoms with Crippen LogP contribution in [0.15, 0.2) is 0 Å². The standard InChI is InChI=1S/C13H26N2O/c1-13(2)11(5-7-14)6-8-15(13)10-12-4-3-9-16-12/h11-12H,3-10,14H2,1-2H3. The smallest absolute Gasteiger partial charge is 0.0703 e. The fourth-order valence-corrected chi connectivity index (χ4v) is 3.27. The minimum Gasteiger partial charge on any atom is -0.377 e. The summed E-state index contributed by atoms with van der Waals surface area (Å²) >= 11 is 0. The van der Waals surface area contributed by atoms with Gasteiger partial charge in [0.1, 0.15) is 0 Å². The van der Waals surface area contributed by atoms with Crippen molar-refractivity contribution in [1.29, 1.82) is 0 Å². The van der Waals surface area contributed by atoms with Gasteiger partial charge in [-0.05, 0) is 58.5 Å². The van der Waals surface area contributed by atoms with Gasteiger partial charge < -0.3 is 10.5 Å². The van der Waals surface area contributed by atoms with Crippen LogP contribution in [-0.2, 0) is 4.74 Å². The van der Waals surface area contributed by atoms with Crippen LogP contribution >= 0.6 is 0 Å². The third-order valence-electron chi connectivity index (χ3n) is 4.52. The molecule has 0 radical (unpaired) electrons. The lowest BCUT2D eigenvalue weighted by Crippen LogP contribution is -2.46. The van der Waals surface area contributed by atoms with Crippen LogP contribution in [0.2, 0.25) is 0 Å². The largest absolute Gasteiger partial charge is 0.377 e. The van der Waals surface area contributed by atoms with E-state index in [1.54, 1.807) is 0 Å². The second-order valence-electron chi connectivity index (χ2n) is 5.80. The van der Waals surface area contributed by atoms with Crippen molar-refractivity contribution in [3.05, 3.63) is 0 Å². The van der Waals surface area contributed by atoms with Gasteiger partial charge in [-0.15, -0.1) is 0 Å². The van der Waals surface area contributed by atoms with E-state index in [1.807, 2.05) is 0 Å². The van der Waals surface area contributed by atoms with Crippen molar-refractivity contribution in [3.8, 4) is 0 Å². The second-order valence-corrected chi connectivity index (χ2v) is 5.80. The Morgan fingerprint density at radius 1 is 1.38 bits per heavy atom. The molecule has 0 aromatic carbocycles. The summed E-state index contributed by atoms with van der Waals surface area (Å²) < 4.78 is 5.74. The number of ether oxygens (including phenoxy) is 1. The highest BCUT2D eigenvalue weighted by atomic mass is 16.5. The summed E-state index contributed by atoms with van der Waals surface area (Å²) in [5.74, 6) is 0.763. The van der Waals surface area contributed by atoms with Gasteiger partial charge in [-0.3, -0.25) is 4.90 Å². The van der Waals surface area contributed by atoms with Crippen LogP contribution < -0.4 is 5.73 Å². The second kappa shape index (κ2) is 5.03. The molecule has 2 unspecified atom stereocenters. The van der Waals surface area contributed by atoms with E-state index in [1.165, 1.54) is 25.8 Å². The molecule has 94 valence electrons. The molecule has 2 fully saturated rings. The molecule has 2 saturated heterocycles. The van der Waals surface area contributed by atoms with Crippen LogP contribution in [0.3, 0.4) is 0 Å². The molecule has 0 aromatic rings. The fraction of sp³-hybridized carbons (Fsp3) is 1.00. The van der Waals surface area contributed by atoms with E-state index >= 15 is 0 Å². The molecule has 0 bridgehead atoms. The summed E-state index contributed by atoms with van der Waals surface area (Å²) in [5.41, 5.74) is 6.01. The van der Waals surface area contributed by atoms with Gasteiger partial charge in [0.25, 0.3) is 0 Å². The van der Waals surface area contributed by atoms with Crippen LogP contribution in [0.4, 0.5) is 0 Å². The van der Waals surface area contributed by atoms with Crippen molar-refractivity contribution in [2.24, 2.45) is 11.7 Å². The van der Waals surface area contributed by atoms with Gasteiger partial charge in [0, 0.05) is 18.7 Å². The van der Waals surface area contributed by atoms with Gasteiger partial charge in [0.2, 0.25) is 0 Å². The summed E-state index contributed by atoms with van der Waals surface area (Å²) in [4.78, 5) is 2.61. The number of likely N-dealkylation sites (tertiary alicyclic amines) is 1. The Kier molecular flexibility index (Phi) is 3.88. The van der Waals surface area contributed by atoms with E-state index in [9.17, 15) is 0 Å². The molecule has 2 aliphatic rings. The molecule has 2 atom stereocenters. The van der Waals surface area contributed by atoms with Gasteiger partial charge in [0.05, 0.1) is 6.10 Å². The molecule has 0 spiro atoms. The highest BCUT2D eigenvalue weighted by molar-refractivity contribution is 4.96. The summed E-state index contributed by atoms with van der Waals surface area (Å²) in [6.45, 7) is 8.86. The normalized spacial score (nSPS) is 34.7. The minimum atomic E-state index is 0.311. The average molecular weight is 226 g/mol. The van der Waals surface area contributed by atoms with Crippen molar-refractivity contribution in [2.75, 3.05) is 26.2 Å². The predicted octanol–water partition coefficient (Wildman–Crippen LogP) is 1.61. The van der Waals surface area contributed by atoms with Crippen LogP contribution in [0.5, 0.6) is 0 Å². The molecule has 16 heavy (non-hydrogen) atoms. The van der Waals surface area contributed by atoms with Crippen molar-refractivity contribution >= 4 is 0 Å². The maximum Gasteiger partial charge on any atom is 0.0703 e. The number of nitrogens with two attached hydrogens (primary N) is 1. The Labute approximate surface area is 99.3 Å². The highest BCUT2D eigenvalue weighted by Gasteiger charge is 2.41. The maximum absolute atomic E-state index is 5.74. The molecule has 2 heterocycles. The first kappa shape index (κ1) is 12.3. The van der Waals surface area contributed by atoms with Crippen molar-refractivity contribution in [1.82, 2.24) is 4.90 Å². The van der Waals surface area contributed by atoms with Gasteiger partial charge in [-0.1, -0.05) is 0 Å². The molecule has 0 aromatic heterocycles. The van der Waals surface area contributed by atoms with Gasteiger partial charge in [0.15, 0.2) is 0 Å². The van der Waals surface area contributed by atoms with E-state index in [0.29, 0.717) is 11.6 Å². The molecule has 2 rings (SSSR count). The van der Waals surface area contributed by atoms with Crippen LogP contribution in [0, 0.1) is 5.92 Å². The summed E-state index contributed by atoms with van der Waals surface area (Å²) in [6.07, 6.45) is 5.43. The predicted molar refractivity (Wildman–Crippen MR) is 66.4 cm³/mol. The van der Waals surface area contributed by atoms with E-state index in [2.05, 4.69) is 18.7 Å². The van der Waals surface area contributed by atoms with Gasteiger partial charge >= 0.3 is 0 Å². The molecular weight excluding hydrogens is 200 g/mol. The minimum absolute atomic E-state index is 0.311. The average Bonchev–Trinajstić information content (AvgIpc) is 2.82. The zero-order valence-electron chi connectivity index (χ0n) is 10.7. The van der Waals surface area contributed by atoms with Crippen molar-refractivity contribution < 1.29 is 4.74 Å². The quantitative estimate of drug-likeness (QED) is 0.791. The first-order chi connectivity index (χ1) is 7.64. The fourth-order valence-electron chi connectivity index (χ4n) is 3.27. The third kappa shape index (κ3) is 2.41. The number of hydrogen-bond donors (Lipinski definition) is 1. The van der Waals surface area contributed by atoms with E-state index in [4.69, 9.17) is 10.5 Å². The van der Waals surface area contributed by atoms with Crippen LogP contribution in [0.25, 0.3) is 0 Å².